The number of rotatable bonds is 10. The Morgan fingerprint density at radius 3 is 2.29 bits per heavy atom. The third kappa shape index (κ3) is 6.86. The molecule has 138 valence electrons. The third-order valence-corrected chi connectivity index (χ3v) is 3.77. The monoisotopic (exact) mass is 341 g/mol. The van der Waals surface area contributed by atoms with Crippen LogP contribution in [0.1, 0.15) is 47.5 Å². The van der Waals surface area contributed by atoms with Crippen LogP contribution in [0.3, 0.4) is 0 Å². The minimum absolute atomic E-state index is 0.175. The Morgan fingerprint density at radius 1 is 1.08 bits per heavy atom. The van der Waals surface area contributed by atoms with Crippen LogP contribution in [0.5, 0.6) is 0 Å². The van der Waals surface area contributed by atoms with Crippen molar-refractivity contribution in [3.8, 4) is 0 Å². The summed E-state index contributed by atoms with van der Waals surface area (Å²) in [5.74, 6) is -0.174. The number of esters is 1. The first-order chi connectivity index (χ1) is 11.3. The lowest BCUT2D eigenvalue weighted by Gasteiger charge is -2.20. The molecule has 1 saturated heterocycles. The SMILES string of the molecule is CCOC(=O)[C@@H]1N[C@H]1C(=O)NC(CC(C)C)C(=O)NCCC(C)C. The molecule has 0 aromatic rings. The Hall–Kier alpha value is -1.63. The van der Waals surface area contributed by atoms with E-state index in [1.54, 1.807) is 6.92 Å². The second kappa shape index (κ2) is 9.61. The van der Waals surface area contributed by atoms with Crippen LogP contribution < -0.4 is 16.0 Å². The summed E-state index contributed by atoms with van der Waals surface area (Å²) in [5, 5.41) is 8.42. The van der Waals surface area contributed by atoms with Crippen LogP contribution in [-0.4, -0.2) is 49.1 Å². The van der Waals surface area contributed by atoms with Crippen molar-refractivity contribution in [2.75, 3.05) is 13.2 Å². The average Bonchev–Trinajstić information content (AvgIpc) is 3.26. The van der Waals surface area contributed by atoms with Gasteiger partial charge in [-0.2, -0.15) is 0 Å². The van der Waals surface area contributed by atoms with Crippen LogP contribution in [0, 0.1) is 11.8 Å². The molecule has 0 spiro atoms. The summed E-state index contributed by atoms with van der Waals surface area (Å²) in [6, 6.07) is -1.80. The zero-order chi connectivity index (χ0) is 18.3. The van der Waals surface area contributed by atoms with Crippen molar-refractivity contribution in [2.45, 2.75) is 65.6 Å². The maximum Gasteiger partial charge on any atom is 0.325 e. The first-order valence-electron chi connectivity index (χ1n) is 8.77. The van der Waals surface area contributed by atoms with Crippen LogP contribution in [0.2, 0.25) is 0 Å². The number of amides is 2. The van der Waals surface area contributed by atoms with Gasteiger partial charge < -0.3 is 15.4 Å². The fourth-order valence-corrected chi connectivity index (χ4v) is 2.37. The molecule has 7 heteroatoms. The van der Waals surface area contributed by atoms with Gasteiger partial charge in [-0.15, -0.1) is 0 Å². The summed E-state index contributed by atoms with van der Waals surface area (Å²) in [4.78, 5) is 36.1. The fourth-order valence-electron chi connectivity index (χ4n) is 2.37. The van der Waals surface area contributed by atoms with Crippen molar-refractivity contribution < 1.29 is 19.1 Å². The summed E-state index contributed by atoms with van der Waals surface area (Å²) < 4.78 is 4.88. The van der Waals surface area contributed by atoms with E-state index in [2.05, 4.69) is 29.8 Å². The van der Waals surface area contributed by atoms with Crippen molar-refractivity contribution >= 4 is 17.8 Å². The minimum Gasteiger partial charge on any atom is -0.465 e. The van der Waals surface area contributed by atoms with E-state index in [0.29, 0.717) is 18.9 Å². The van der Waals surface area contributed by atoms with E-state index in [0.717, 1.165) is 6.42 Å². The quantitative estimate of drug-likeness (QED) is 0.398. The normalized spacial score (nSPS) is 20.6. The van der Waals surface area contributed by atoms with Gasteiger partial charge in [0.25, 0.3) is 0 Å². The topological polar surface area (TPSA) is 106 Å². The zero-order valence-corrected chi connectivity index (χ0v) is 15.3. The van der Waals surface area contributed by atoms with Crippen LogP contribution in [0.4, 0.5) is 0 Å². The van der Waals surface area contributed by atoms with E-state index in [4.69, 9.17) is 4.74 Å². The third-order valence-electron chi connectivity index (χ3n) is 3.77. The van der Waals surface area contributed by atoms with Crippen LogP contribution in [0.25, 0.3) is 0 Å². The summed E-state index contributed by atoms with van der Waals surface area (Å²) in [7, 11) is 0. The Balaban J connectivity index is 2.52. The maximum atomic E-state index is 12.3. The van der Waals surface area contributed by atoms with E-state index in [1.807, 2.05) is 13.8 Å². The van der Waals surface area contributed by atoms with Crippen molar-refractivity contribution in [1.29, 1.82) is 0 Å². The molecule has 2 amide bonds. The molecular weight excluding hydrogens is 310 g/mol. The van der Waals surface area contributed by atoms with E-state index < -0.39 is 24.1 Å². The number of nitrogens with one attached hydrogen (secondary N) is 3. The van der Waals surface area contributed by atoms with E-state index in [9.17, 15) is 14.4 Å². The van der Waals surface area contributed by atoms with E-state index in [1.165, 1.54) is 0 Å². The summed E-state index contributed by atoms with van der Waals surface area (Å²) in [6.07, 6.45) is 1.44. The van der Waals surface area contributed by atoms with Gasteiger partial charge in [-0.1, -0.05) is 27.7 Å². The molecule has 1 heterocycles. The van der Waals surface area contributed by atoms with Crippen LogP contribution >= 0.6 is 0 Å². The predicted molar refractivity (Wildman–Crippen MR) is 91.2 cm³/mol. The Labute approximate surface area is 144 Å². The molecule has 1 aliphatic heterocycles. The molecule has 1 rings (SSSR count). The number of hydrogen-bond acceptors (Lipinski definition) is 5. The number of carbonyl (C=O) groups is 3. The van der Waals surface area contributed by atoms with E-state index in [-0.39, 0.29) is 24.3 Å². The number of hydrogen-bond donors (Lipinski definition) is 3. The molecule has 0 aliphatic carbocycles. The molecule has 1 unspecified atom stereocenters. The molecule has 0 radical (unpaired) electrons. The van der Waals surface area contributed by atoms with Gasteiger partial charge in [-0.05, 0) is 31.6 Å². The molecule has 1 fully saturated rings. The fraction of sp³-hybridized carbons (Fsp3) is 0.824. The first-order valence-corrected chi connectivity index (χ1v) is 8.77. The molecule has 3 N–H and O–H groups in total. The lowest BCUT2D eigenvalue weighted by molar-refractivity contribution is -0.143. The molecule has 0 aromatic carbocycles. The molecule has 1 aliphatic rings. The van der Waals surface area contributed by atoms with Crippen LogP contribution in [0.15, 0.2) is 0 Å². The van der Waals surface area contributed by atoms with Gasteiger partial charge in [0.1, 0.15) is 18.1 Å². The molecular formula is C17H31N3O4. The average molecular weight is 341 g/mol. The predicted octanol–water partition coefficient (Wildman–Crippen LogP) is 0.583. The summed E-state index contributed by atoms with van der Waals surface area (Å²) in [6.45, 7) is 10.8. The molecule has 3 atom stereocenters. The van der Waals surface area contributed by atoms with Crippen molar-refractivity contribution in [2.24, 2.45) is 11.8 Å². The van der Waals surface area contributed by atoms with Crippen molar-refractivity contribution in [1.82, 2.24) is 16.0 Å². The van der Waals surface area contributed by atoms with Crippen LogP contribution in [-0.2, 0) is 19.1 Å². The van der Waals surface area contributed by atoms with E-state index >= 15 is 0 Å². The highest BCUT2D eigenvalue weighted by Gasteiger charge is 2.49. The first kappa shape index (κ1) is 20.4. The molecule has 0 aromatic heterocycles. The highest BCUT2D eigenvalue weighted by molar-refractivity contribution is 5.97. The van der Waals surface area contributed by atoms with Gasteiger partial charge >= 0.3 is 5.97 Å². The van der Waals surface area contributed by atoms with Gasteiger partial charge in [-0.3, -0.25) is 19.7 Å². The second-order valence-electron chi connectivity index (χ2n) is 7.04. The van der Waals surface area contributed by atoms with Crippen molar-refractivity contribution in [3.05, 3.63) is 0 Å². The van der Waals surface area contributed by atoms with Crippen molar-refractivity contribution in [3.63, 3.8) is 0 Å². The van der Waals surface area contributed by atoms with Gasteiger partial charge in [0.15, 0.2) is 0 Å². The molecule has 0 bridgehead atoms. The largest absolute Gasteiger partial charge is 0.465 e. The Bertz CT molecular complexity index is 451. The molecule has 0 saturated carbocycles. The smallest absolute Gasteiger partial charge is 0.325 e. The molecule has 7 nitrogen and oxygen atoms in total. The number of ether oxygens (including phenoxy) is 1. The summed E-state index contributed by atoms with van der Waals surface area (Å²) in [5.41, 5.74) is 0. The zero-order valence-electron chi connectivity index (χ0n) is 15.3. The lowest BCUT2D eigenvalue weighted by Crippen LogP contribution is -2.49. The van der Waals surface area contributed by atoms with Gasteiger partial charge in [-0.25, -0.2) is 0 Å². The second-order valence-corrected chi connectivity index (χ2v) is 7.04. The Kier molecular flexibility index (Phi) is 8.18. The Morgan fingerprint density at radius 2 is 1.75 bits per heavy atom. The minimum atomic E-state index is -0.609. The lowest BCUT2D eigenvalue weighted by atomic mass is 10.0. The van der Waals surface area contributed by atoms with Gasteiger partial charge in [0, 0.05) is 6.54 Å². The number of carbonyl (C=O) groups excluding carboxylic acids is 3. The highest BCUT2D eigenvalue weighted by atomic mass is 16.5. The standard InChI is InChI=1S/C17H31N3O4/c1-6-24-17(23)14-13(20-14)16(22)19-12(9-11(4)5)15(21)18-8-7-10(2)3/h10-14,20H,6-9H2,1-5H3,(H,18,21)(H,19,22)/t12?,13-,14-/m1/s1. The molecule has 24 heavy (non-hydrogen) atoms. The maximum absolute atomic E-state index is 12.3. The summed E-state index contributed by atoms with van der Waals surface area (Å²) >= 11 is 0. The highest BCUT2D eigenvalue weighted by Crippen LogP contribution is 2.14. The van der Waals surface area contributed by atoms with Gasteiger partial charge in [0.05, 0.1) is 6.61 Å². The van der Waals surface area contributed by atoms with Gasteiger partial charge in [0.2, 0.25) is 11.8 Å².